The van der Waals surface area contributed by atoms with Crippen molar-refractivity contribution in [3.63, 3.8) is 0 Å². The van der Waals surface area contributed by atoms with Crippen LogP contribution in [0.5, 0.6) is 11.5 Å². The predicted molar refractivity (Wildman–Crippen MR) is 81.7 cm³/mol. The first-order valence-corrected chi connectivity index (χ1v) is 6.83. The summed E-state index contributed by atoms with van der Waals surface area (Å²) in [4.78, 5) is 27.4. The lowest BCUT2D eigenvalue weighted by molar-refractivity contribution is -0.118. The van der Waals surface area contributed by atoms with E-state index in [1.165, 1.54) is 29.6 Å². The van der Waals surface area contributed by atoms with Gasteiger partial charge in [0.25, 0.3) is 0 Å². The van der Waals surface area contributed by atoms with Crippen LogP contribution in [0.1, 0.15) is 6.42 Å². The number of amides is 1. The molecule has 2 aromatic heterocycles. The highest BCUT2D eigenvalue weighted by atomic mass is 16.5. The minimum atomic E-state index is -0.497. The molecule has 9 nitrogen and oxygen atoms in total. The Hall–Kier alpha value is -3.10. The van der Waals surface area contributed by atoms with Crippen LogP contribution in [0.3, 0.4) is 0 Å². The summed E-state index contributed by atoms with van der Waals surface area (Å²) in [7, 11) is 3.06. The number of rotatable bonds is 5. The Balaban J connectivity index is 2.23. The molecule has 120 valence electrons. The van der Waals surface area contributed by atoms with E-state index in [2.05, 4.69) is 10.1 Å². The molecule has 2 heterocycles. The molecule has 2 N–H and O–H groups in total. The molecule has 0 aliphatic carbocycles. The first-order valence-electron chi connectivity index (χ1n) is 6.83. The Bertz CT molecular complexity index is 959. The molecule has 0 radical (unpaired) electrons. The van der Waals surface area contributed by atoms with Crippen LogP contribution >= 0.6 is 0 Å². The van der Waals surface area contributed by atoms with Crippen LogP contribution in [0.25, 0.3) is 16.6 Å². The van der Waals surface area contributed by atoms with Crippen LogP contribution in [-0.2, 0) is 11.3 Å². The Morgan fingerprint density at radius 1 is 1.26 bits per heavy atom. The second-order valence-corrected chi connectivity index (χ2v) is 4.88. The van der Waals surface area contributed by atoms with Gasteiger partial charge in [0.2, 0.25) is 5.91 Å². The van der Waals surface area contributed by atoms with Gasteiger partial charge < -0.3 is 15.2 Å². The molecule has 3 rings (SSSR count). The summed E-state index contributed by atoms with van der Waals surface area (Å²) >= 11 is 0. The van der Waals surface area contributed by atoms with Crippen molar-refractivity contribution in [2.24, 2.45) is 5.73 Å². The minimum Gasteiger partial charge on any atom is -0.493 e. The lowest BCUT2D eigenvalue weighted by Crippen LogP contribution is -2.24. The molecule has 0 saturated carbocycles. The lowest BCUT2D eigenvalue weighted by Gasteiger charge is -2.08. The molecule has 0 spiro atoms. The van der Waals surface area contributed by atoms with Gasteiger partial charge in [-0.25, -0.2) is 18.9 Å². The van der Waals surface area contributed by atoms with E-state index in [0.717, 1.165) is 0 Å². The SMILES string of the molecule is COc1cc2ncn3c(=O)n(CCC(N)=O)nc3c2cc1OC. The Morgan fingerprint density at radius 3 is 2.61 bits per heavy atom. The van der Waals surface area contributed by atoms with Crippen molar-refractivity contribution < 1.29 is 14.3 Å². The summed E-state index contributed by atoms with van der Waals surface area (Å²) in [5.74, 6) is 0.546. The van der Waals surface area contributed by atoms with Gasteiger partial charge in [-0.1, -0.05) is 0 Å². The van der Waals surface area contributed by atoms with E-state index in [1.807, 2.05) is 0 Å². The fraction of sp³-hybridized carbons (Fsp3) is 0.286. The number of primary amides is 1. The third kappa shape index (κ3) is 2.45. The molecule has 0 atom stereocenters. The summed E-state index contributed by atoms with van der Waals surface area (Å²) in [6.07, 6.45) is 1.42. The molecular weight excluding hydrogens is 302 g/mol. The maximum absolute atomic E-state index is 12.3. The van der Waals surface area contributed by atoms with Gasteiger partial charge in [-0.05, 0) is 6.07 Å². The van der Waals surface area contributed by atoms with Crippen LogP contribution in [-0.4, -0.2) is 39.3 Å². The molecule has 0 fully saturated rings. The third-order valence-corrected chi connectivity index (χ3v) is 3.50. The van der Waals surface area contributed by atoms with Gasteiger partial charge in [0.1, 0.15) is 6.33 Å². The smallest absolute Gasteiger partial charge is 0.351 e. The average Bonchev–Trinajstić information content (AvgIpc) is 2.88. The number of hydrogen-bond acceptors (Lipinski definition) is 6. The van der Waals surface area contributed by atoms with Crippen LogP contribution in [0.15, 0.2) is 23.3 Å². The van der Waals surface area contributed by atoms with Crippen LogP contribution < -0.4 is 20.9 Å². The Morgan fingerprint density at radius 2 is 1.96 bits per heavy atom. The molecule has 3 aromatic rings. The summed E-state index contributed by atoms with van der Waals surface area (Å²) < 4.78 is 13.0. The number of methoxy groups -OCH3 is 2. The molecule has 0 unspecified atom stereocenters. The number of carbonyl (C=O) groups is 1. The predicted octanol–water partition coefficient (Wildman–Crippen LogP) is -0.0632. The molecule has 9 heteroatoms. The molecule has 1 amide bonds. The molecule has 0 saturated heterocycles. The molecular formula is C14H15N5O4. The van der Waals surface area contributed by atoms with Gasteiger partial charge in [0.15, 0.2) is 17.1 Å². The maximum atomic E-state index is 12.3. The van der Waals surface area contributed by atoms with E-state index in [-0.39, 0.29) is 18.7 Å². The third-order valence-electron chi connectivity index (χ3n) is 3.50. The lowest BCUT2D eigenvalue weighted by atomic mass is 10.2. The number of aromatic nitrogens is 4. The van der Waals surface area contributed by atoms with Gasteiger partial charge >= 0.3 is 5.69 Å². The molecule has 0 bridgehead atoms. The number of carbonyl (C=O) groups excluding carboxylic acids is 1. The topological polar surface area (TPSA) is 114 Å². The van der Waals surface area contributed by atoms with Crippen LogP contribution in [0.2, 0.25) is 0 Å². The van der Waals surface area contributed by atoms with E-state index in [1.54, 1.807) is 12.1 Å². The summed E-state index contributed by atoms with van der Waals surface area (Å²) in [5.41, 5.74) is 5.76. The monoisotopic (exact) mass is 317 g/mol. The van der Waals surface area contributed by atoms with E-state index in [9.17, 15) is 9.59 Å². The van der Waals surface area contributed by atoms with Crippen molar-refractivity contribution in [3.05, 3.63) is 28.9 Å². The maximum Gasteiger partial charge on any atom is 0.351 e. The number of hydrogen-bond donors (Lipinski definition) is 1. The largest absolute Gasteiger partial charge is 0.493 e. The Kier molecular flexibility index (Phi) is 3.61. The zero-order valence-electron chi connectivity index (χ0n) is 12.6. The zero-order chi connectivity index (χ0) is 16.6. The highest BCUT2D eigenvalue weighted by molar-refractivity contribution is 5.93. The number of aryl methyl sites for hydroxylation is 1. The van der Waals surface area contributed by atoms with E-state index in [0.29, 0.717) is 28.0 Å². The summed E-state index contributed by atoms with van der Waals surface area (Å²) in [5, 5.41) is 4.91. The molecule has 1 aromatic carbocycles. The highest BCUT2D eigenvalue weighted by Crippen LogP contribution is 2.32. The molecule has 0 aliphatic heterocycles. The number of nitrogens with two attached hydrogens (primary N) is 1. The fourth-order valence-corrected chi connectivity index (χ4v) is 2.34. The van der Waals surface area contributed by atoms with E-state index >= 15 is 0 Å². The fourth-order valence-electron chi connectivity index (χ4n) is 2.34. The number of fused-ring (bicyclic) bond motifs is 3. The van der Waals surface area contributed by atoms with Crippen molar-refractivity contribution in [3.8, 4) is 11.5 Å². The summed E-state index contributed by atoms with van der Waals surface area (Å²) in [6, 6.07) is 3.42. The van der Waals surface area contributed by atoms with Crippen molar-refractivity contribution in [1.82, 2.24) is 19.2 Å². The van der Waals surface area contributed by atoms with Crippen molar-refractivity contribution in [2.75, 3.05) is 14.2 Å². The quantitative estimate of drug-likeness (QED) is 0.705. The standard InChI is InChI=1S/C14H15N5O4/c1-22-10-5-8-9(6-11(10)23-2)16-7-18-13(8)17-19(14(18)21)4-3-12(15)20/h5-7H,3-4H2,1-2H3,(H2,15,20). The van der Waals surface area contributed by atoms with Crippen molar-refractivity contribution >= 4 is 22.5 Å². The molecule has 23 heavy (non-hydrogen) atoms. The second kappa shape index (κ2) is 5.59. The van der Waals surface area contributed by atoms with E-state index < -0.39 is 5.91 Å². The van der Waals surface area contributed by atoms with Crippen LogP contribution in [0, 0.1) is 0 Å². The van der Waals surface area contributed by atoms with Gasteiger partial charge in [0, 0.05) is 17.9 Å². The molecule has 0 aliphatic rings. The van der Waals surface area contributed by atoms with Gasteiger partial charge in [0.05, 0.1) is 26.3 Å². The minimum absolute atomic E-state index is 0.0340. The number of benzene rings is 1. The summed E-state index contributed by atoms with van der Waals surface area (Å²) in [6.45, 7) is 0.116. The van der Waals surface area contributed by atoms with Crippen molar-refractivity contribution in [1.29, 1.82) is 0 Å². The van der Waals surface area contributed by atoms with E-state index in [4.69, 9.17) is 15.2 Å². The Labute approximate surface area is 130 Å². The van der Waals surface area contributed by atoms with Gasteiger partial charge in [-0.3, -0.25) is 4.79 Å². The average molecular weight is 317 g/mol. The van der Waals surface area contributed by atoms with Gasteiger partial charge in [-0.15, -0.1) is 5.10 Å². The number of nitrogens with zero attached hydrogens (tertiary/aromatic N) is 4. The normalized spacial score (nSPS) is 11.0. The number of ether oxygens (including phenoxy) is 2. The zero-order valence-corrected chi connectivity index (χ0v) is 12.6. The second-order valence-electron chi connectivity index (χ2n) is 4.88. The first kappa shape index (κ1) is 14.8. The van der Waals surface area contributed by atoms with Gasteiger partial charge in [-0.2, -0.15) is 0 Å². The van der Waals surface area contributed by atoms with Crippen LogP contribution in [0.4, 0.5) is 0 Å². The first-order chi connectivity index (χ1) is 11.0. The van der Waals surface area contributed by atoms with Crippen molar-refractivity contribution in [2.45, 2.75) is 13.0 Å². The highest BCUT2D eigenvalue weighted by Gasteiger charge is 2.14.